The Balaban J connectivity index is 2.12. The number of ether oxygens (including phenoxy) is 2. The maximum Gasteiger partial charge on any atom is 0.355 e. The number of aromatic nitrogens is 1. The van der Waals surface area contributed by atoms with Crippen LogP contribution in [-0.4, -0.2) is 23.5 Å². The fraction of sp³-hybridized carbons (Fsp3) is 0.294. The zero-order chi connectivity index (χ0) is 17.0. The van der Waals surface area contributed by atoms with E-state index in [2.05, 4.69) is 20.9 Å². The molecule has 0 unspecified atom stereocenters. The highest BCUT2D eigenvalue weighted by molar-refractivity contribution is 9.10. The van der Waals surface area contributed by atoms with Gasteiger partial charge in [0.2, 0.25) is 0 Å². The molecule has 122 valence electrons. The van der Waals surface area contributed by atoms with Crippen molar-refractivity contribution in [2.75, 3.05) is 6.61 Å². The summed E-state index contributed by atoms with van der Waals surface area (Å²) in [4.78, 5) is 27.1. The predicted octanol–water partition coefficient (Wildman–Crippen LogP) is 3.93. The Bertz CT molecular complexity index is 719. The molecule has 0 saturated heterocycles. The molecule has 1 heterocycles. The molecule has 6 heteroatoms. The van der Waals surface area contributed by atoms with E-state index in [0.717, 1.165) is 10.0 Å². The number of hydrogen-bond donors (Lipinski definition) is 1. The Labute approximate surface area is 143 Å². The minimum absolute atomic E-state index is 0.165. The number of benzene rings is 1. The van der Waals surface area contributed by atoms with E-state index >= 15 is 0 Å². The molecule has 0 radical (unpaired) electrons. The number of esters is 2. The molecule has 1 N–H and O–H groups in total. The van der Waals surface area contributed by atoms with E-state index in [1.807, 2.05) is 24.3 Å². The van der Waals surface area contributed by atoms with Crippen molar-refractivity contribution in [2.24, 2.45) is 0 Å². The third kappa shape index (κ3) is 4.01. The third-order valence-corrected chi connectivity index (χ3v) is 3.93. The number of aryl methyl sites for hydroxylation is 1. The quantitative estimate of drug-likeness (QED) is 0.799. The second kappa shape index (κ2) is 7.46. The molecule has 23 heavy (non-hydrogen) atoms. The van der Waals surface area contributed by atoms with E-state index in [-0.39, 0.29) is 18.9 Å². The molecule has 2 aromatic rings. The number of rotatable bonds is 5. The van der Waals surface area contributed by atoms with Crippen LogP contribution in [0.25, 0.3) is 0 Å². The lowest BCUT2D eigenvalue weighted by Gasteiger charge is -2.05. The van der Waals surface area contributed by atoms with Crippen LogP contribution in [0.2, 0.25) is 0 Å². The highest BCUT2D eigenvalue weighted by Crippen LogP contribution is 2.20. The Hall–Kier alpha value is -2.08. The lowest BCUT2D eigenvalue weighted by Crippen LogP contribution is -2.09. The van der Waals surface area contributed by atoms with Gasteiger partial charge in [-0.1, -0.05) is 28.1 Å². The van der Waals surface area contributed by atoms with Gasteiger partial charge < -0.3 is 14.5 Å². The molecule has 2 rings (SSSR count). The summed E-state index contributed by atoms with van der Waals surface area (Å²) in [6, 6.07) is 7.50. The van der Waals surface area contributed by atoms with E-state index in [4.69, 9.17) is 9.47 Å². The van der Waals surface area contributed by atoms with Crippen molar-refractivity contribution < 1.29 is 19.1 Å². The van der Waals surface area contributed by atoms with E-state index in [9.17, 15) is 9.59 Å². The summed E-state index contributed by atoms with van der Waals surface area (Å²) in [6.07, 6.45) is 0. The van der Waals surface area contributed by atoms with Gasteiger partial charge in [-0.05, 0) is 44.0 Å². The number of halogens is 1. The van der Waals surface area contributed by atoms with E-state index in [0.29, 0.717) is 16.8 Å². The number of hydrogen-bond acceptors (Lipinski definition) is 4. The number of aromatic amines is 1. The standard InChI is InChI=1S/C17H18BrNO4/c1-4-22-16(20)14-10(2)15(19-11(14)3)17(21)23-9-12-5-7-13(18)8-6-12/h5-8,19H,4,9H2,1-3H3. The van der Waals surface area contributed by atoms with Gasteiger partial charge >= 0.3 is 11.9 Å². The van der Waals surface area contributed by atoms with Crippen LogP contribution >= 0.6 is 15.9 Å². The topological polar surface area (TPSA) is 68.4 Å². The average Bonchev–Trinajstić information content (AvgIpc) is 2.81. The zero-order valence-electron chi connectivity index (χ0n) is 13.2. The minimum Gasteiger partial charge on any atom is -0.462 e. The summed E-state index contributed by atoms with van der Waals surface area (Å²) in [5.74, 6) is -0.935. The van der Waals surface area contributed by atoms with Crippen LogP contribution < -0.4 is 0 Å². The second-order valence-electron chi connectivity index (χ2n) is 5.05. The van der Waals surface area contributed by atoms with E-state index in [1.54, 1.807) is 20.8 Å². The van der Waals surface area contributed by atoms with Crippen LogP contribution in [0.5, 0.6) is 0 Å². The van der Waals surface area contributed by atoms with Gasteiger partial charge in [-0.2, -0.15) is 0 Å². The fourth-order valence-electron chi connectivity index (χ4n) is 2.27. The summed E-state index contributed by atoms with van der Waals surface area (Å²) >= 11 is 3.35. The molecule has 0 aliphatic heterocycles. The molecular weight excluding hydrogens is 362 g/mol. The molecular formula is C17H18BrNO4. The zero-order valence-corrected chi connectivity index (χ0v) is 14.8. The van der Waals surface area contributed by atoms with Crippen LogP contribution in [0.1, 0.15) is 44.6 Å². The van der Waals surface area contributed by atoms with Crippen molar-refractivity contribution in [3.05, 3.63) is 56.8 Å². The van der Waals surface area contributed by atoms with Crippen molar-refractivity contribution in [1.82, 2.24) is 4.98 Å². The largest absolute Gasteiger partial charge is 0.462 e. The van der Waals surface area contributed by atoms with Gasteiger partial charge in [0.25, 0.3) is 0 Å². The highest BCUT2D eigenvalue weighted by atomic mass is 79.9. The molecule has 0 aliphatic rings. The molecule has 0 spiro atoms. The van der Waals surface area contributed by atoms with Crippen LogP contribution in [0, 0.1) is 13.8 Å². The average molecular weight is 380 g/mol. The number of carbonyl (C=O) groups is 2. The molecule has 0 amide bonds. The molecule has 0 atom stereocenters. The van der Waals surface area contributed by atoms with Crippen LogP contribution in [0.15, 0.2) is 28.7 Å². The Morgan fingerprint density at radius 3 is 2.35 bits per heavy atom. The van der Waals surface area contributed by atoms with Gasteiger partial charge in [0.15, 0.2) is 0 Å². The maximum atomic E-state index is 12.2. The summed E-state index contributed by atoms with van der Waals surface area (Å²) < 4.78 is 11.3. The summed E-state index contributed by atoms with van der Waals surface area (Å²) in [5.41, 5.74) is 2.69. The molecule has 0 fully saturated rings. The van der Waals surface area contributed by atoms with E-state index in [1.165, 1.54) is 0 Å². The fourth-order valence-corrected chi connectivity index (χ4v) is 2.53. The first kappa shape index (κ1) is 17.3. The molecule has 0 bridgehead atoms. The van der Waals surface area contributed by atoms with Crippen molar-refractivity contribution in [3.63, 3.8) is 0 Å². The lowest BCUT2D eigenvalue weighted by atomic mass is 10.1. The predicted molar refractivity (Wildman–Crippen MR) is 89.5 cm³/mol. The molecule has 1 aromatic heterocycles. The van der Waals surface area contributed by atoms with Crippen LogP contribution in [0.3, 0.4) is 0 Å². The summed E-state index contributed by atoms with van der Waals surface area (Å²) in [6.45, 7) is 5.62. The normalized spacial score (nSPS) is 10.4. The molecule has 1 aromatic carbocycles. The van der Waals surface area contributed by atoms with Crippen molar-refractivity contribution in [3.8, 4) is 0 Å². The first-order valence-electron chi connectivity index (χ1n) is 7.21. The Kier molecular flexibility index (Phi) is 5.60. The summed E-state index contributed by atoms with van der Waals surface area (Å²) in [5, 5.41) is 0. The van der Waals surface area contributed by atoms with Crippen molar-refractivity contribution in [1.29, 1.82) is 0 Å². The summed E-state index contributed by atoms with van der Waals surface area (Å²) in [7, 11) is 0. The lowest BCUT2D eigenvalue weighted by molar-refractivity contribution is 0.0465. The van der Waals surface area contributed by atoms with Gasteiger partial charge in [-0.3, -0.25) is 0 Å². The van der Waals surface area contributed by atoms with Gasteiger partial charge in [0.1, 0.15) is 12.3 Å². The smallest absolute Gasteiger partial charge is 0.355 e. The first-order chi connectivity index (χ1) is 10.9. The van der Waals surface area contributed by atoms with Crippen molar-refractivity contribution in [2.45, 2.75) is 27.4 Å². The Morgan fingerprint density at radius 2 is 1.74 bits per heavy atom. The number of carbonyl (C=O) groups excluding carboxylic acids is 2. The molecule has 0 aliphatic carbocycles. The SMILES string of the molecule is CCOC(=O)c1c(C)[nH]c(C(=O)OCc2ccc(Br)cc2)c1C. The number of nitrogens with one attached hydrogen (secondary N) is 1. The van der Waals surface area contributed by atoms with Crippen molar-refractivity contribution >= 4 is 27.9 Å². The van der Waals surface area contributed by atoms with Gasteiger partial charge in [-0.25, -0.2) is 9.59 Å². The maximum absolute atomic E-state index is 12.2. The molecule has 5 nitrogen and oxygen atoms in total. The number of H-pyrrole nitrogens is 1. The highest BCUT2D eigenvalue weighted by Gasteiger charge is 2.23. The second-order valence-corrected chi connectivity index (χ2v) is 5.96. The molecule has 0 saturated carbocycles. The van der Waals surface area contributed by atoms with E-state index < -0.39 is 11.9 Å². The van der Waals surface area contributed by atoms with Crippen LogP contribution in [-0.2, 0) is 16.1 Å². The monoisotopic (exact) mass is 379 g/mol. The van der Waals surface area contributed by atoms with Crippen LogP contribution in [0.4, 0.5) is 0 Å². The van der Waals surface area contributed by atoms with Gasteiger partial charge in [-0.15, -0.1) is 0 Å². The first-order valence-corrected chi connectivity index (χ1v) is 8.01. The van der Waals surface area contributed by atoms with Gasteiger partial charge in [0, 0.05) is 10.2 Å². The van der Waals surface area contributed by atoms with Gasteiger partial charge in [0.05, 0.1) is 12.2 Å². The Morgan fingerprint density at radius 1 is 1.09 bits per heavy atom. The minimum atomic E-state index is -0.496. The third-order valence-electron chi connectivity index (χ3n) is 3.40.